The Balaban J connectivity index is 2.24. The highest BCUT2D eigenvalue weighted by molar-refractivity contribution is 8.00. The van der Waals surface area contributed by atoms with Crippen LogP contribution in [0, 0.1) is 0 Å². The first-order valence-corrected chi connectivity index (χ1v) is 13.0. The van der Waals surface area contributed by atoms with E-state index in [1.807, 2.05) is 0 Å². The highest BCUT2D eigenvalue weighted by Crippen LogP contribution is 2.47. The van der Waals surface area contributed by atoms with Gasteiger partial charge < -0.3 is 47.8 Å². The minimum Gasteiger partial charge on any atom is -0.505 e. The number of amides is 2. The number of hydrogen-bond donors (Lipinski definition) is 9. The number of thioether (sulfide) groups is 2. The molecule has 0 bridgehead atoms. The molecular formula is C21H29N5O9S2. The number of phenolic OH excluding ortho intramolecular Hbond substituents is 1. The van der Waals surface area contributed by atoms with Crippen molar-refractivity contribution >= 4 is 58.9 Å². The molecule has 11 N–H and O–H groups in total. The highest BCUT2D eigenvalue weighted by Gasteiger charge is 2.30. The number of anilines is 1. The van der Waals surface area contributed by atoms with Gasteiger partial charge in [0.25, 0.3) is 0 Å². The van der Waals surface area contributed by atoms with Gasteiger partial charge in [0.05, 0.1) is 10.6 Å². The number of carboxylic acids is 3. The number of fused-ring (bicyclic) bond motifs is 1. The zero-order valence-corrected chi connectivity index (χ0v) is 21.2. The van der Waals surface area contributed by atoms with Crippen LogP contribution in [0.15, 0.2) is 15.9 Å². The van der Waals surface area contributed by atoms with E-state index in [9.17, 15) is 34.2 Å². The quantitative estimate of drug-likeness (QED) is 0.0962. The van der Waals surface area contributed by atoms with E-state index in [2.05, 4.69) is 16.0 Å². The Kier molecular flexibility index (Phi) is 11.3. The summed E-state index contributed by atoms with van der Waals surface area (Å²) in [5, 5.41) is 45.4. The molecule has 2 rings (SSSR count). The van der Waals surface area contributed by atoms with Gasteiger partial charge in [-0.1, -0.05) is 0 Å². The van der Waals surface area contributed by atoms with Gasteiger partial charge in [-0.2, -0.15) is 0 Å². The minimum absolute atomic E-state index is 0.133. The van der Waals surface area contributed by atoms with Crippen molar-refractivity contribution in [1.82, 2.24) is 10.6 Å². The van der Waals surface area contributed by atoms with E-state index in [0.29, 0.717) is 22.8 Å². The summed E-state index contributed by atoms with van der Waals surface area (Å²) >= 11 is 2.26. The molecule has 14 nitrogen and oxygen atoms in total. The molecule has 37 heavy (non-hydrogen) atoms. The number of nitrogens with two attached hydrogens (primary N) is 2. The minimum atomic E-state index is -1.30. The van der Waals surface area contributed by atoms with Crippen molar-refractivity contribution < 1.29 is 44.4 Å². The molecule has 16 heteroatoms. The zero-order valence-electron chi connectivity index (χ0n) is 19.6. The topological polar surface area (TPSA) is 254 Å². The van der Waals surface area contributed by atoms with Crippen LogP contribution in [0.1, 0.15) is 18.4 Å². The maximum atomic E-state index is 12.6. The Labute approximate surface area is 219 Å². The van der Waals surface area contributed by atoms with Crippen LogP contribution in [0.2, 0.25) is 0 Å². The second-order valence-corrected chi connectivity index (χ2v) is 10.1. The van der Waals surface area contributed by atoms with E-state index in [-0.39, 0.29) is 35.8 Å². The smallest absolute Gasteiger partial charge is 0.327 e. The number of carboxylic acid groups (broad SMARTS) is 3. The summed E-state index contributed by atoms with van der Waals surface area (Å²) in [6.45, 7) is -0.402. The summed E-state index contributed by atoms with van der Waals surface area (Å²) in [5.41, 5.74) is 12.1. The third-order valence-corrected chi connectivity index (χ3v) is 7.57. The van der Waals surface area contributed by atoms with Crippen LogP contribution in [0.3, 0.4) is 0 Å². The highest BCUT2D eigenvalue weighted by atomic mass is 32.2. The van der Waals surface area contributed by atoms with Crippen molar-refractivity contribution in [2.75, 3.05) is 29.9 Å². The molecule has 0 radical (unpaired) electrons. The van der Waals surface area contributed by atoms with Crippen molar-refractivity contribution in [3.63, 3.8) is 0 Å². The van der Waals surface area contributed by atoms with Crippen molar-refractivity contribution in [3.8, 4) is 5.75 Å². The van der Waals surface area contributed by atoms with Crippen LogP contribution in [0.25, 0.3) is 0 Å². The fraction of sp³-hybridized carbons (Fsp3) is 0.476. The summed E-state index contributed by atoms with van der Waals surface area (Å²) in [5.74, 6) is -5.26. The summed E-state index contributed by atoms with van der Waals surface area (Å²) in [6.07, 6.45) is -0.0328. The summed E-state index contributed by atoms with van der Waals surface area (Å²) in [6, 6.07) is -1.77. The first-order valence-electron chi connectivity index (χ1n) is 11.1. The molecule has 0 saturated carbocycles. The summed E-state index contributed by atoms with van der Waals surface area (Å²) in [4.78, 5) is 59.0. The van der Waals surface area contributed by atoms with E-state index < -0.39 is 54.4 Å². The molecule has 0 spiro atoms. The lowest BCUT2D eigenvalue weighted by Crippen LogP contribution is -2.49. The molecule has 0 aliphatic carbocycles. The molecule has 2 amide bonds. The van der Waals surface area contributed by atoms with Crippen LogP contribution >= 0.6 is 23.5 Å². The van der Waals surface area contributed by atoms with Gasteiger partial charge in [-0.15, -0.1) is 23.5 Å². The third kappa shape index (κ3) is 8.70. The molecule has 1 unspecified atom stereocenters. The van der Waals surface area contributed by atoms with E-state index in [1.165, 1.54) is 11.8 Å². The second kappa shape index (κ2) is 13.9. The number of hydrogen-bond acceptors (Lipinski definition) is 11. The SMILES string of the molecule is NCCc1cc(SC[C@H](NC(=O)CC[C@H](N)C(=O)O)C(=O)NCC(=O)O)c(O)c2c1SCC(C(=O)O)N2. The molecular weight excluding hydrogens is 530 g/mol. The average Bonchev–Trinajstić information content (AvgIpc) is 2.85. The molecule has 0 fully saturated rings. The Morgan fingerprint density at radius 3 is 2.51 bits per heavy atom. The third-order valence-electron chi connectivity index (χ3n) is 5.19. The van der Waals surface area contributed by atoms with Gasteiger partial charge in [0.15, 0.2) is 5.75 Å². The van der Waals surface area contributed by atoms with Crippen LogP contribution in [-0.4, -0.2) is 92.9 Å². The Hall–Kier alpha value is -3.21. The van der Waals surface area contributed by atoms with E-state index >= 15 is 0 Å². The van der Waals surface area contributed by atoms with Gasteiger partial charge in [0.2, 0.25) is 11.8 Å². The van der Waals surface area contributed by atoms with E-state index in [0.717, 1.165) is 17.3 Å². The average molecular weight is 560 g/mol. The normalized spacial score (nSPS) is 16.0. The molecule has 204 valence electrons. The van der Waals surface area contributed by atoms with Crippen molar-refractivity contribution in [2.24, 2.45) is 11.5 Å². The number of benzene rings is 1. The molecule has 0 saturated heterocycles. The maximum Gasteiger partial charge on any atom is 0.327 e. The van der Waals surface area contributed by atoms with Gasteiger partial charge in [0, 0.05) is 22.8 Å². The van der Waals surface area contributed by atoms with Crippen molar-refractivity contribution in [2.45, 2.75) is 47.2 Å². The van der Waals surface area contributed by atoms with Crippen LogP contribution in [0.4, 0.5) is 5.69 Å². The zero-order chi connectivity index (χ0) is 27.7. The lowest BCUT2D eigenvalue weighted by atomic mass is 10.1. The van der Waals surface area contributed by atoms with Crippen LogP contribution in [0.5, 0.6) is 5.75 Å². The van der Waals surface area contributed by atoms with Gasteiger partial charge in [-0.25, -0.2) is 4.79 Å². The predicted molar refractivity (Wildman–Crippen MR) is 135 cm³/mol. The lowest BCUT2D eigenvalue weighted by Gasteiger charge is -2.27. The van der Waals surface area contributed by atoms with Crippen LogP contribution in [-0.2, 0) is 30.4 Å². The molecule has 0 aromatic heterocycles. The fourth-order valence-electron chi connectivity index (χ4n) is 3.27. The number of nitrogens with one attached hydrogen (secondary N) is 3. The Bertz CT molecular complexity index is 1060. The molecule has 1 heterocycles. The monoisotopic (exact) mass is 559 g/mol. The standard InChI is InChI=1S/C21H29N5O9S2/c22-4-3-9-5-13(17(30)16-18(9)37-8-12(26-16)21(34)35)36-7-11(19(31)24-6-15(28)29)25-14(27)2-1-10(23)20(32)33/h5,10-12,26,30H,1-4,6-8,22-23H2,(H,24,31)(H,25,27)(H,28,29)(H,32,33)(H,34,35)/t10-,11-,12?/m0/s1. The molecule has 1 aromatic rings. The maximum absolute atomic E-state index is 12.6. The second-order valence-electron chi connectivity index (χ2n) is 8.00. The molecule has 1 aliphatic rings. The van der Waals surface area contributed by atoms with Gasteiger partial charge in [-0.05, 0) is 31.0 Å². The fourth-order valence-corrected chi connectivity index (χ4v) is 5.52. The van der Waals surface area contributed by atoms with Crippen LogP contribution < -0.4 is 27.4 Å². The van der Waals surface area contributed by atoms with Crippen molar-refractivity contribution in [3.05, 3.63) is 11.6 Å². The van der Waals surface area contributed by atoms with E-state index in [4.69, 9.17) is 21.7 Å². The number of carbonyl (C=O) groups excluding carboxylic acids is 2. The van der Waals surface area contributed by atoms with Gasteiger partial charge in [-0.3, -0.25) is 19.2 Å². The number of phenols is 1. The number of aliphatic carboxylic acids is 3. The molecule has 3 atom stereocenters. The van der Waals surface area contributed by atoms with E-state index in [1.54, 1.807) is 6.07 Å². The number of carbonyl (C=O) groups is 5. The first-order chi connectivity index (χ1) is 17.4. The first kappa shape index (κ1) is 30.0. The Morgan fingerprint density at radius 1 is 1.22 bits per heavy atom. The largest absolute Gasteiger partial charge is 0.505 e. The van der Waals surface area contributed by atoms with Crippen molar-refractivity contribution in [1.29, 1.82) is 0 Å². The van der Waals surface area contributed by atoms with Gasteiger partial charge in [0.1, 0.15) is 24.7 Å². The number of aromatic hydroxyl groups is 1. The lowest BCUT2D eigenvalue weighted by molar-refractivity contribution is -0.139. The summed E-state index contributed by atoms with van der Waals surface area (Å²) in [7, 11) is 0. The molecule has 1 aromatic carbocycles. The Morgan fingerprint density at radius 2 is 1.92 bits per heavy atom. The number of rotatable bonds is 14. The summed E-state index contributed by atoms with van der Waals surface area (Å²) < 4.78 is 0. The predicted octanol–water partition coefficient (Wildman–Crippen LogP) is -1.17. The van der Waals surface area contributed by atoms with Gasteiger partial charge >= 0.3 is 17.9 Å². The molecule has 1 aliphatic heterocycles.